The predicted octanol–water partition coefficient (Wildman–Crippen LogP) is 2.35. The number of nitrogens with zero attached hydrogens (tertiary/aromatic N) is 2. The summed E-state index contributed by atoms with van der Waals surface area (Å²) < 4.78 is 0. The molecule has 0 amide bonds. The zero-order chi connectivity index (χ0) is 15.0. The second-order valence-corrected chi connectivity index (χ2v) is 7.43. The fourth-order valence-electron chi connectivity index (χ4n) is 3.30. The van der Waals surface area contributed by atoms with E-state index in [0.717, 1.165) is 38.1 Å². The molecule has 0 aromatic carbocycles. The van der Waals surface area contributed by atoms with Gasteiger partial charge in [0, 0.05) is 5.92 Å². The highest BCUT2D eigenvalue weighted by Crippen LogP contribution is 2.41. The van der Waals surface area contributed by atoms with Crippen molar-refractivity contribution in [1.82, 2.24) is 0 Å². The van der Waals surface area contributed by atoms with E-state index in [9.17, 15) is 0 Å². The van der Waals surface area contributed by atoms with Gasteiger partial charge >= 0.3 is 0 Å². The fourth-order valence-corrected chi connectivity index (χ4v) is 3.30. The molecule has 2 aliphatic rings. The summed E-state index contributed by atoms with van der Waals surface area (Å²) in [5, 5.41) is 8.91. The van der Waals surface area contributed by atoms with Crippen LogP contribution in [0.5, 0.6) is 0 Å². The van der Waals surface area contributed by atoms with Crippen LogP contribution in [0.3, 0.4) is 0 Å². The first-order valence-corrected chi connectivity index (χ1v) is 7.69. The maximum Gasteiger partial charge on any atom is 0.295 e. The Labute approximate surface area is 122 Å². The highest BCUT2D eigenvalue weighted by atomic mass is 14.8. The van der Waals surface area contributed by atoms with E-state index in [2.05, 4.69) is 37.8 Å². The molecule has 2 aliphatic carbocycles. The van der Waals surface area contributed by atoms with Gasteiger partial charge in [0.2, 0.25) is 0 Å². The highest BCUT2D eigenvalue weighted by Gasteiger charge is 2.47. The molecular formula is C16H27N4+. The molecular weight excluding hydrogens is 248 g/mol. The molecule has 0 spiro atoms. The molecule has 2 fully saturated rings. The standard InChI is InChI=1S/C16H27N4/c1-11(2)13-4-16(19,5-13)10-20-8-12(3)14-6-15(18,7-14)9-17/h11-14H,4-8,18-19H2,1-3H3/q+1. The molecule has 0 heterocycles. The van der Waals surface area contributed by atoms with Gasteiger partial charge in [-0.25, -0.2) is 0 Å². The van der Waals surface area contributed by atoms with Gasteiger partial charge in [0.15, 0.2) is 5.54 Å². The Morgan fingerprint density at radius 1 is 1.10 bits per heavy atom. The molecule has 0 saturated heterocycles. The van der Waals surface area contributed by atoms with Gasteiger partial charge in [0.05, 0.1) is 6.07 Å². The minimum absolute atomic E-state index is 0.293. The predicted molar refractivity (Wildman–Crippen MR) is 81.0 cm³/mol. The van der Waals surface area contributed by atoms with E-state index in [1.165, 1.54) is 0 Å². The van der Waals surface area contributed by atoms with Crippen molar-refractivity contribution in [2.75, 3.05) is 6.54 Å². The minimum Gasteiger partial charge on any atom is -0.313 e. The van der Waals surface area contributed by atoms with Crippen LogP contribution in [0.25, 0.3) is 4.85 Å². The van der Waals surface area contributed by atoms with Gasteiger partial charge in [-0.05, 0) is 43.4 Å². The van der Waals surface area contributed by atoms with Crippen LogP contribution in [0.15, 0.2) is 0 Å². The van der Waals surface area contributed by atoms with Crippen LogP contribution in [0, 0.1) is 41.1 Å². The van der Waals surface area contributed by atoms with E-state index in [0.29, 0.717) is 17.8 Å². The smallest absolute Gasteiger partial charge is 0.295 e. The van der Waals surface area contributed by atoms with Crippen molar-refractivity contribution >= 4 is 0 Å². The van der Waals surface area contributed by atoms with Crippen molar-refractivity contribution in [3.05, 3.63) is 4.85 Å². The van der Waals surface area contributed by atoms with E-state index in [-0.39, 0.29) is 5.54 Å². The first-order valence-electron chi connectivity index (χ1n) is 7.69. The average molecular weight is 275 g/mol. The van der Waals surface area contributed by atoms with E-state index >= 15 is 0 Å². The second-order valence-electron chi connectivity index (χ2n) is 7.43. The zero-order valence-electron chi connectivity index (χ0n) is 12.9. The maximum atomic E-state index is 8.91. The molecule has 4 N–H and O–H groups in total. The van der Waals surface area contributed by atoms with Crippen molar-refractivity contribution in [2.24, 2.45) is 35.1 Å². The Hall–Kier alpha value is -1.10. The Morgan fingerprint density at radius 2 is 1.65 bits per heavy atom. The summed E-state index contributed by atoms with van der Waals surface area (Å²) in [6.45, 7) is 7.41. The summed E-state index contributed by atoms with van der Waals surface area (Å²) in [6, 6.07) is 5.34. The summed E-state index contributed by atoms with van der Waals surface area (Å²) in [4.78, 5) is 4.44. The van der Waals surface area contributed by atoms with E-state index in [1.54, 1.807) is 0 Å². The molecule has 4 nitrogen and oxygen atoms in total. The second kappa shape index (κ2) is 5.35. The molecule has 2 rings (SSSR count). The quantitative estimate of drug-likeness (QED) is 0.829. The lowest BCUT2D eigenvalue weighted by Crippen LogP contribution is -2.52. The summed E-state index contributed by atoms with van der Waals surface area (Å²) >= 11 is 0. The van der Waals surface area contributed by atoms with Crippen molar-refractivity contribution < 1.29 is 0 Å². The molecule has 0 aliphatic heterocycles. The lowest BCUT2D eigenvalue weighted by Gasteiger charge is -2.41. The Kier molecular flexibility index (Phi) is 4.09. The third-order valence-corrected chi connectivity index (χ3v) is 5.16. The van der Waals surface area contributed by atoms with Gasteiger partial charge in [0.25, 0.3) is 12.6 Å². The molecule has 4 heteroatoms. The van der Waals surface area contributed by atoms with Crippen LogP contribution in [0.2, 0.25) is 0 Å². The number of hydrogen-bond acceptors (Lipinski definition) is 3. The van der Waals surface area contributed by atoms with Gasteiger partial charge in [0.1, 0.15) is 5.54 Å². The third-order valence-electron chi connectivity index (χ3n) is 5.16. The summed E-state index contributed by atoms with van der Waals surface area (Å²) in [7, 11) is 0. The van der Waals surface area contributed by atoms with Crippen molar-refractivity contribution in [1.29, 1.82) is 5.26 Å². The SMILES string of the molecule is CC(C)C1CC(N)(C#[N+]CC(C)C2CC(N)(C#N)C2)C1. The fraction of sp³-hybridized carbons (Fsp3) is 0.875. The normalized spacial score (nSPS) is 40.9. The lowest BCUT2D eigenvalue weighted by molar-refractivity contribution is 0.146. The first-order chi connectivity index (χ1) is 9.27. The monoisotopic (exact) mass is 275 g/mol. The van der Waals surface area contributed by atoms with Crippen LogP contribution in [0.1, 0.15) is 46.5 Å². The van der Waals surface area contributed by atoms with Crippen LogP contribution in [-0.2, 0) is 0 Å². The minimum atomic E-state index is -0.583. The molecule has 2 saturated carbocycles. The molecule has 110 valence electrons. The molecule has 1 atom stereocenters. The average Bonchev–Trinajstić information content (AvgIpc) is 2.31. The van der Waals surface area contributed by atoms with Crippen molar-refractivity contribution in [2.45, 2.75) is 57.5 Å². The number of rotatable bonds is 3. The summed E-state index contributed by atoms with van der Waals surface area (Å²) in [6.07, 6.45) is 3.60. The topological polar surface area (TPSA) is 80.2 Å². The van der Waals surface area contributed by atoms with E-state index in [4.69, 9.17) is 16.7 Å². The number of nitrogens with two attached hydrogens (primary N) is 2. The number of hydrogen-bond donors (Lipinski definition) is 2. The molecule has 0 aromatic rings. The lowest BCUT2D eigenvalue weighted by atomic mass is 9.65. The van der Waals surface area contributed by atoms with Crippen LogP contribution in [-0.4, -0.2) is 17.6 Å². The van der Waals surface area contributed by atoms with Crippen molar-refractivity contribution in [3.8, 4) is 12.1 Å². The van der Waals surface area contributed by atoms with Crippen LogP contribution >= 0.6 is 0 Å². The molecule has 0 radical (unpaired) electrons. The molecule has 0 bridgehead atoms. The first kappa shape index (κ1) is 15.3. The molecule has 0 aromatic heterocycles. The largest absolute Gasteiger partial charge is 0.313 e. The van der Waals surface area contributed by atoms with E-state index < -0.39 is 5.54 Å². The van der Waals surface area contributed by atoms with Gasteiger partial charge in [-0.1, -0.05) is 25.6 Å². The Bertz CT molecular complexity index is 453. The highest BCUT2D eigenvalue weighted by molar-refractivity contribution is 5.19. The summed E-state index contributed by atoms with van der Waals surface area (Å²) in [5.74, 6) is 2.40. The summed E-state index contributed by atoms with van der Waals surface area (Å²) in [5.41, 5.74) is 11.2. The van der Waals surface area contributed by atoms with Crippen LogP contribution in [0.4, 0.5) is 0 Å². The van der Waals surface area contributed by atoms with Crippen LogP contribution < -0.4 is 11.5 Å². The third kappa shape index (κ3) is 3.14. The van der Waals surface area contributed by atoms with Gasteiger partial charge in [-0.2, -0.15) is 5.26 Å². The number of nitriles is 1. The Morgan fingerprint density at radius 3 is 2.15 bits per heavy atom. The maximum absolute atomic E-state index is 8.91. The van der Waals surface area contributed by atoms with Crippen molar-refractivity contribution in [3.63, 3.8) is 0 Å². The Balaban J connectivity index is 1.75. The molecule has 1 unspecified atom stereocenters. The van der Waals surface area contributed by atoms with Gasteiger partial charge < -0.3 is 11.5 Å². The van der Waals surface area contributed by atoms with E-state index in [1.807, 2.05) is 0 Å². The molecule has 20 heavy (non-hydrogen) atoms. The van der Waals surface area contributed by atoms with Gasteiger partial charge in [-0.3, -0.25) is 0 Å². The zero-order valence-corrected chi connectivity index (χ0v) is 12.9. The van der Waals surface area contributed by atoms with Gasteiger partial charge in [-0.15, -0.1) is 0 Å².